The molecule has 0 aliphatic heterocycles. The van der Waals surface area contributed by atoms with Crippen LogP contribution in [-0.4, -0.2) is 16.4 Å². The molecule has 28 valence electrons. The topological polar surface area (TPSA) is 29.4 Å². The molecular weight excluding hydrogens is 86.1 g/mol. The Kier molecular flexibility index (Phi) is 3.31. The van der Waals surface area contributed by atoms with E-state index in [2.05, 4.69) is 10.2 Å². The Morgan fingerprint density at radius 2 is 2.60 bits per heavy atom. The largest absolute Gasteiger partial charge is 0.234 e. The number of hydrogen-bond acceptors (Lipinski definition) is 2. The summed E-state index contributed by atoms with van der Waals surface area (Å²) in [5.74, 6) is 0. The average molecular weight is 89.1 g/mol. The standard InChI is InChI=1S/C2H3NOS/c1-3-2-5-4/h1H3. The lowest BCUT2D eigenvalue weighted by molar-refractivity contribution is 0.701. The molecule has 0 atom stereocenters. The van der Waals surface area contributed by atoms with Crippen LogP contribution in [0.2, 0.25) is 0 Å². The molecule has 3 heteroatoms. The van der Waals surface area contributed by atoms with Gasteiger partial charge in [-0.3, -0.25) is 0 Å². The molecule has 0 saturated carbocycles. The van der Waals surface area contributed by atoms with Crippen molar-refractivity contribution < 1.29 is 4.21 Å². The molecular formula is C2H3NOS. The zero-order valence-electron chi connectivity index (χ0n) is 2.76. The van der Waals surface area contributed by atoms with E-state index in [-0.39, 0.29) is 11.3 Å². The molecule has 0 fully saturated rings. The summed E-state index contributed by atoms with van der Waals surface area (Å²) in [5.41, 5.74) is 0. The maximum absolute atomic E-state index is 9.24. The van der Waals surface area contributed by atoms with E-state index in [4.69, 9.17) is 0 Å². The van der Waals surface area contributed by atoms with Gasteiger partial charge in [-0.25, -0.2) is 9.20 Å². The van der Waals surface area contributed by atoms with Crippen LogP contribution >= 0.6 is 0 Å². The van der Waals surface area contributed by atoms with Crippen molar-refractivity contribution in [2.45, 2.75) is 0 Å². The fourth-order valence-corrected chi connectivity index (χ4v) is 0.112. The van der Waals surface area contributed by atoms with Gasteiger partial charge in [-0.2, -0.15) is 0 Å². The van der Waals surface area contributed by atoms with Gasteiger partial charge in [0, 0.05) is 7.05 Å². The molecule has 0 aromatic rings. The summed E-state index contributed by atoms with van der Waals surface area (Å²) in [7, 11) is 1.50. The highest BCUT2D eigenvalue weighted by Gasteiger charge is 1.33. The predicted octanol–water partition coefficient (Wildman–Crippen LogP) is -0.265. The lowest BCUT2D eigenvalue weighted by Gasteiger charge is -1.40. The summed E-state index contributed by atoms with van der Waals surface area (Å²) >= 11 is 0.235. The Morgan fingerprint density at radius 1 is 2.00 bits per heavy atom. The van der Waals surface area contributed by atoms with Crippen molar-refractivity contribution in [1.29, 1.82) is 0 Å². The van der Waals surface area contributed by atoms with Gasteiger partial charge in [-0.1, -0.05) is 0 Å². The number of nitrogens with zero attached hydrogens (tertiary/aromatic N) is 1. The number of hydrogen-bond donors (Lipinski definition) is 0. The van der Waals surface area contributed by atoms with Crippen LogP contribution in [0.3, 0.4) is 0 Å². The van der Waals surface area contributed by atoms with E-state index in [9.17, 15) is 4.21 Å². The first-order chi connectivity index (χ1) is 2.41. The molecule has 0 aliphatic rings. The van der Waals surface area contributed by atoms with E-state index in [1.165, 1.54) is 7.05 Å². The monoisotopic (exact) mass is 89.0 g/mol. The zero-order valence-corrected chi connectivity index (χ0v) is 3.58. The molecule has 2 nitrogen and oxygen atoms in total. The molecule has 0 spiro atoms. The SMILES string of the molecule is CN=C=S=O. The number of rotatable bonds is 0. The molecule has 0 saturated heterocycles. The Bertz CT molecular complexity index is 87.8. The van der Waals surface area contributed by atoms with Gasteiger partial charge >= 0.3 is 0 Å². The van der Waals surface area contributed by atoms with Gasteiger partial charge in [-0.15, -0.1) is 0 Å². The second kappa shape index (κ2) is 3.60. The van der Waals surface area contributed by atoms with Crippen LogP contribution in [0.1, 0.15) is 0 Å². The van der Waals surface area contributed by atoms with Gasteiger partial charge in [0.15, 0.2) is 11.3 Å². The van der Waals surface area contributed by atoms with E-state index >= 15 is 0 Å². The molecule has 0 aromatic carbocycles. The van der Waals surface area contributed by atoms with Crippen molar-refractivity contribution in [2.75, 3.05) is 7.05 Å². The molecule has 0 bridgehead atoms. The highest BCUT2D eigenvalue weighted by molar-refractivity contribution is 7.64. The third kappa shape index (κ3) is 3.60. The van der Waals surface area contributed by atoms with Crippen LogP contribution in [0.5, 0.6) is 0 Å². The highest BCUT2D eigenvalue weighted by atomic mass is 32.1. The summed E-state index contributed by atoms with van der Waals surface area (Å²) in [4.78, 5) is 3.25. The molecule has 0 N–H and O–H groups in total. The molecule has 0 heterocycles. The second-order valence-electron chi connectivity index (χ2n) is 0.398. The highest BCUT2D eigenvalue weighted by Crippen LogP contribution is 1.31. The Labute approximate surface area is 33.6 Å². The maximum Gasteiger partial charge on any atom is 0.162 e. The van der Waals surface area contributed by atoms with Crippen molar-refractivity contribution in [3.05, 3.63) is 0 Å². The molecule has 0 radical (unpaired) electrons. The van der Waals surface area contributed by atoms with Gasteiger partial charge in [0.05, 0.1) is 5.16 Å². The Hall–Kier alpha value is -0.400. The van der Waals surface area contributed by atoms with Crippen LogP contribution in [0.4, 0.5) is 0 Å². The van der Waals surface area contributed by atoms with E-state index in [0.717, 1.165) is 0 Å². The van der Waals surface area contributed by atoms with Crippen molar-refractivity contribution >= 4 is 16.4 Å². The fourth-order valence-electron chi connectivity index (χ4n) is 0.0373. The minimum atomic E-state index is 0.235. The summed E-state index contributed by atoms with van der Waals surface area (Å²) < 4.78 is 9.24. The number of isothiocyanates is 1. The minimum Gasteiger partial charge on any atom is -0.234 e. The first-order valence-corrected chi connectivity index (χ1v) is 1.78. The van der Waals surface area contributed by atoms with E-state index < -0.39 is 0 Å². The van der Waals surface area contributed by atoms with E-state index in [1.807, 2.05) is 0 Å². The van der Waals surface area contributed by atoms with Crippen LogP contribution in [0.15, 0.2) is 4.99 Å². The van der Waals surface area contributed by atoms with Crippen molar-refractivity contribution in [3.63, 3.8) is 0 Å². The first-order valence-electron chi connectivity index (χ1n) is 1.04. The van der Waals surface area contributed by atoms with Crippen LogP contribution in [0.25, 0.3) is 0 Å². The molecule has 0 aliphatic carbocycles. The van der Waals surface area contributed by atoms with Crippen molar-refractivity contribution in [2.24, 2.45) is 4.99 Å². The molecule has 0 rings (SSSR count). The molecule has 0 aromatic heterocycles. The van der Waals surface area contributed by atoms with Gasteiger partial charge in [-0.05, 0) is 0 Å². The molecule has 5 heavy (non-hydrogen) atoms. The van der Waals surface area contributed by atoms with Crippen molar-refractivity contribution in [1.82, 2.24) is 0 Å². The average Bonchev–Trinajstić information content (AvgIpc) is 1.41. The zero-order chi connectivity index (χ0) is 4.12. The quantitative estimate of drug-likeness (QED) is 0.297. The van der Waals surface area contributed by atoms with Gasteiger partial charge in [0.25, 0.3) is 0 Å². The maximum atomic E-state index is 9.24. The summed E-state index contributed by atoms with van der Waals surface area (Å²) in [6.07, 6.45) is 0. The summed E-state index contributed by atoms with van der Waals surface area (Å²) in [5, 5.41) is 2.10. The minimum absolute atomic E-state index is 0.235. The van der Waals surface area contributed by atoms with Crippen molar-refractivity contribution in [3.8, 4) is 0 Å². The van der Waals surface area contributed by atoms with Crippen LogP contribution < -0.4 is 0 Å². The molecule has 0 unspecified atom stereocenters. The van der Waals surface area contributed by atoms with E-state index in [0.29, 0.717) is 0 Å². The number of aliphatic imine (C=N–C) groups is 1. The fraction of sp³-hybridized carbons (Fsp3) is 0.500. The Morgan fingerprint density at radius 3 is 2.60 bits per heavy atom. The lowest BCUT2D eigenvalue weighted by atomic mass is 11.4. The normalized spacial score (nSPS) is 5.00. The second-order valence-corrected chi connectivity index (χ2v) is 0.747. The third-order valence-corrected chi connectivity index (χ3v) is 0.386. The van der Waals surface area contributed by atoms with Gasteiger partial charge in [0.2, 0.25) is 0 Å². The predicted molar refractivity (Wildman–Crippen MR) is 21.5 cm³/mol. The summed E-state index contributed by atoms with van der Waals surface area (Å²) in [6, 6.07) is 0. The van der Waals surface area contributed by atoms with Gasteiger partial charge < -0.3 is 0 Å². The van der Waals surface area contributed by atoms with Crippen LogP contribution in [0, 0.1) is 0 Å². The van der Waals surface area contributed by atoms with E-state index in [1.54, 1.807) is 0 Å². The smallest absolute Gasteiger partial charge is 0.162 e. The lowest BCUT2D eigenvalue weighted by Crippen LogP contribution is -1.43. The Balaban J connectivity index is 3.75. The summed E-state index contributed by atoms with van der Waals surface area (Å²) in [6.45, 7) is 0. The first kappa shape index (κ1) is 4.60. The van der Waals surface area contributed by atoms with Crippen LogP contribution in [-0.2, 0) is 11.3 Å². The van der Waals surface area contributed by atoms with Gasteiger partial charge in [0.1, 0.15) is 0 Å². The molecule has 0 amide bonds. The third-order valence-electron chi connectivity index (χ3n) is 0.129.